The number of nitro benzene ring substituents is 1. The van der Waals surface area contributed by atoms with Crippen molar-refractivity contribution in [2.75, 3.05) is 11.9 Å². The van der Waals surface area contributed by atoms with Crippen molar-refractivity contribution in [3.63, 3.8) is 0 Å². The van der Waals surface area contributed by atoms with E-state index in [1.807, 2.05) is 31.2 Å². The van der Waals surface area contributed by atoms with Crippen LogP contribution in [0, 0.1) is 17.0 Å². The molecule has 0 saturated carbocycles. The molecule has 0 fully saturated rings. The van der Waals surface area contributed by atoms with Crippen LogP contribution < -0.4 is 15.8 Å². The first kappa shape index (κ1) is 18.2. The van der Waals surface area contributed by atoms with Crippen molar-refractivity contribution >= 4 is 35.1 Å². The van der Waals surface area contributed by atoms with Crippen molar-refractivity contribution in [3.05, 3.63) is 62.7 Å². The van der Waals surface area contributed by atoms with Crippen molar-refractivity contribution in [2.45, 2.75) is 6.92 Å². The Labute approximate surface area is 148 Å². The van der Waals surface area contributed by atoms with E-state index in [4.69, 9.17) is 11.6 Å². The Morgan fingerprint density at radius 3 is 2.64 bits per heavy atom. The van der Waals surface area contributed by atoms with Crippen LogP contribution in [0.2, 0.25) is 5.02 Å². The molecule has 25 heavy (non-hydrogen) atoms. The molecule has 0 aliphatic heterocycles. The van der Waals surface area contributed by atoms with Crippen molar-refractivity contribution in [2.24, 2.45) is 5.10 Å². The van der Waals surface area contributed by atoms with Crippen LogP contribution in [-0.4, -0.2) is 23.6 Å². The second-order valence-electron chi connectivity index (χ2n) is 5.11. The van der Waals surface area contributed by atoms with Gasteiger partial charge in [-0.1, -0.05) is 29.3 Å². The zero-order valence-corrected chi connectivity index (χ0v) is 13.9. The monoisotopic (exact) mass is 361 g/mol. The summed E-state index contributed by atoms with van der Waals surface area (Å²) in [5.41, 5.74) is 3.36. The molecule has 8 nitrogen and oxygen atoms in total. The van der Waals surface area contributed by atoms with E-state index in [9.17, 15) is 20.0 Å². The predicted octanol–water partition coefficient (Wildman–Crippen LogP) is 2.19. The maximum absolute atomic E-state index is 11.9. The molecule has 2 N–H and O–H groups in total. The Morgan fingerprint density at radius 2 is 2.00 bits per heavy atom. The molecule has 9 heteroatoms. The van der Waals surface area contributed by atoms with Crippen LogP contribution in [0.5, 0.6) is 5.75 Å². The molecule has 2 aromatic rings. The molecule has 2 rings (SSSR count). The minimum absolute atomic E-state index is 0.0275. The van der Waals surface area contributed by atoms with Gasteiger partial charge in [0.1, 0.15) is 0 Å². The van der Waals surface area contributed by atoms with Crippen molar-refractivity contribution in [1.82, 2.24) is 5.43 Å². The molecule has 0 unspecified atom stereocenters. The van der Waals surface area contributed by atoms with Crippen LogP contribution in [0.3, 0.4) is 0 Å². The van der Waals surface area contributed by atoms with E-state index in [0.29, 0.717) is 0 Å². The fraction of sp³-hybridized carbons (Fsp3) is 0.125. The highest BCUT2D eigenvalue weighted by atomic mass is 35.5. The SMILES string of the molecule is Cc1ccc(NCC(=O)N/N=C\c2cc(Cl)cc([N+](=O)[O-])c2[O-])cc1. The number of hydrazone groups is 1. The van der Waals surface area contributed by atoms with Gasteiger partial charge >= 0.3 is 0 Å². The third kappa shape index (κ3) is 5.18. The molecule has 1 amide bonds. The summed E-state index contributed by atoms with van der Waals surface area (Å²) < 4.78 is 0. The van der Waals surface area contributed by atoms with Crippen molar-refractivity contribution < 1.29 is 14.8 Å². The zero-order chi connectivity index (χ0) is 18.4. The van der Waals surface area contributed by atoms with E-state index in [1.165, 1.54) is 6.07 Å². The molecule has 0 bridgehead atoms. The minimum Gasteiger partial charge on any atom is -0.867 e. The number of nitrogens with one attached hydrogen (secondary N) is 2. The first-order valence-electron chi connectivity index (χ1n) is 7.14. The highest BCUT2D eigenvalue weighted by Crippen LogP contribution is 2.29. The Bertz CT molecular complexity index is 822. The van der Waals surface area contributed by atoms with E-state index in [2.05, 4.69) is 15.8 Å². The summed E-state index contributed by atoms with van der Waals surface area (Å²) in [6, 6.07) is 9.67. The van der Waals surface area contributed by atoms with E-state index in [0.717, 1.165) is 23.5 Å². The first-order valence-corrected chi connectivity index (χ1v) is 7.52. The summed E-state index contributed by atoms with van der Waals surface area (Å²) in [4.78, 5) is 21.7. The summed E-state index contributed by atoms with van der Waals surface area (Å²) >= 11 is 5.73. The summed E-state index contributed by atoms with van der Waals surface area (Å²) in [6.07, 6.45) is 1.02. The number of hydrogen-bond acceptors (Lipinski definition) is 6. The number of nitro groups is 1. The smallest absolute Gasteiger partial charge is 0.263 e. The number of carbonyl (C=O) groups excluding carboxylic acids is 1. The number of halogens is 1. The third-order valence-electron chi connectivity index (χ3n) is 3.16. The van der Waals surface area contributed by atoms with Crippen LogP contribution in [0.15, 0.2) is 41.5 Å². The lowest BCUT2D eigenvalue weighted by atomic mass is 10.2. The van der Waals surface area contributed by atoms with Crippen molar-refractivity contribution in [1.29, 1.82) is 0 Å². The molecule has 130 valence electrons. The van der Waals surface area contributed by atoms with Gasteiger partial charge in [-0.25, -0.2) is 5.43 Å². The molecule has 0 aliphatic carbocycles. The number of benzene rings is 2. The second kappa shape index (κ2) is 8.11. The molecular formula is C16H14ClN4O4-. The molecular weight excluding hydrogens is 348 g/mol. The number of carbonyl (C=O) groups is 1. The van der Waals surface area contributed by atoms with Crippen LogP contribution >= 0.6 is 11.6 Å². The highest BCUT2D eigenvalue weighted by molar-refractivity contribution is 6.31. The number of aryl methyl sites for hydroxylation is 1. The lowest BCUT2D eigenvalue weighted by Gasteiger charge is -2.10. The van der Waals surface area contributed by atoms with E-state index in [1.54, 1.807) is 0 Å². The summed E-state index contributed by atoms with van der Waals surface area (Å²) in [6.45, 7) is 1.93. The summed E-state index contributed by atoms with van der Waals surface area (Å²) in [7, 11) is 0. The average Bonchev–Trinajstić information content (AvgIpc) is 2.57. The molecule has 0 radical (unpaired) electrons. The average molecular weight is 362 g/mol. The molecule has 0 saturated heterocycles. The topological polar surface area (TPSA) is 120 Å². The Balaban J connectivity index is 1.95. The largest absolute Gasteiger partial charge is 0.867 e. The van der Waals surface area contributed by atoms with Gasteiger partial charge in [0.2, 0.25) is 0 Å². The van der Waals surface area contributed by atoms with Gasteiger partial charge in [0.25, 0.3) is 11.6 Å². The van der Waals surface area contributed by atoms with Gasteiger partial charge in [-0.15, -0.1) is 0 Å². The van der Waals surface area contributed by atoms with Crippen LogP contribution in [0.4, 0.5) is 11.4 Å². The molecule has 0 aromatic heterocycles. The van der Waals surface area contributed by atoms with Crippen LogP contribution in [-0.2, 0) is 4.79 Å². The molecule has 0 heterocycles. The normalized spacial score (nSPS) is 10.6. The van der Waals surface area contributed by atoms with Gasteiger partial charge < -0.3 is 10.4 Å². The lowest BCUT2D eigenvalue weighted by Crippen LogP contribution is -2.25. The Hall–Kier alpha value is -3.13. The number of rotatable bonds is 6. The Kier molecular flexibility index (Phi) is 5.91. The fourth-order valence-corrected chi connectivity index (χ4v) is 2.12. The molecule has 0 aliphatic rings. The van der Waals surface area contributed by atoms with Crippen LogP contribution in [0.25, 0.3) is 0 Å². The van der Waals surface area contributed by atoms with Gasteiger partial charge in [-0.05, 0) is 36.4 Å². The lowest BCUT2D eigenvalue weighted by molar-refractivity contribution is -0.398. The van der Waals surface area contributed by atoms with Gasteiger partial charge in [0.15, 0.2) is 0 Å². The standard InChI is InChI=1S/C16H15ClN4O4/c1-10-2-4-13(5-3-10)18-9-15(22)20-19-8-11-6-12(17)7-14(16(11)23)21(24)25/h2-8,18,23H,9H2,1H3,(H,20,22)/p-1/b19-8-. The zero-order valence-electron chi connectivity index (χ0n) is 13.2. The van der Waals surface area contributed by atoms with Crippen molar-refractivity contribution in [3.8, 4) is 5.75 Å². The summed E-state index contributed by atoms with van der Waals surface area (Å²) in [5, 5.41) is 29.2. The van der Waals surface area contributed by atoms with Crippen LogP contribution in [0.1, 0.15) is 11.1 Å². The maximum atomic E-state index is 11.9. The van der Waals surface area contributed by atoms with Gasteiger partial charge in [0.05, 0.1) is 17.7 Å². The van der Waals surface area contributed by atoms with E-state index in [-0.39, 0.29) is 17.1 Å². The highest BCUT2D eigenvalue weighted by Gasteiger charge is 2.11. The molecule has 2 aromatic carbocycles. The van der Waals surface area contributed by atoms with E-state index < -0.39 is 22.3 Å². The quantitative estimate of drug-likeness (QED) is 0.464. The first-order chi connectivity index (χ1) is 11.9. The van der Waals surface area contributed by atoms with E-state index >= 15 is 0 Å². The summed E-state index contributed by atoms with van der Waals surface area (Å²) in [5.74, 6) is -1.27. The molecule has 0 atom stereocenters. The number of anilines is 1. The number of nitrogens with zero attached hydrogens (tertiary/aromatic N) is 2. The third-order valence-corrected chi connectivity index (χ3v) is 3.38. The fourth-order valence-electron chi connectivity index (χ4n) is 1.90. The second-order valence-corrected chi connectivity index (χ2v) is 5.55. The number of amides is 1. The predicted molar refractivity (Wildman–Crippen MR) is 93.0 cm³/mol. The molecule has 0 spiro atoms. The minimum atomic E-state index is -0.829. The maximum Gasteiger partial charge on any atom is 0.263 e. The Morgan fingerprint density at radius 1 is 1.32 bits per heavy atom. The van der Waals surface area contributed by atoms with Gasteiger partial charge in [-0.2, -0.15) is 5.10 Å². The number of hydrogen-bond donors (Lipinski definition) is 2. The van der Waals surface area contributed by atoms with Gasteiger partial charge in [-0.3, -0.25) is 14.9 Å². The van der Waals surface area contributed by atoms with Gasteiger partial charge in [0, 0.05) is 16.8 Å².